The minimum absolute atomic E-state index is 0.0455. The molecule has 0 radical (unpaired) electrons. The van der Waals surface area contributed by atoms with Gasteiger partial charge in [0.15, 0.2) is 9.84 Å². The third kappa shape index (κ3) is 4.20. The standard InChI is InChI=1S/C21H25NO5S/c1-4-28(24,25)18-12-10-17(11-13-18)19-15-27-21(2,3)22(19)20(23)26-14-16-8-6-5-7-9-16/h5-13,19H,4,14-15H2,1-3H3/t19-/m0/s1. The van der Waals surface area contributed by atoms with Crippen LogP contribution in [-0.4, -0.2) is 37.5 Å². The normalized spacial score (nSPS) is 18.8. The van der Waals surface area contributed by atoms with Crippen molar-refractivity contribution in [2.75, 3.05) is 12.4 Å². The Labute approximate surface area is 166 Å². The summed E-state index contributed by atoms with van der Waals surface area (Å²) >= 11 is 0. The molecule has 3 rings (SSSR count). The Morgan fingerprint density at radius 3 is 2.39 bits per heavy atom. The first-order valence-electron chi connectivity index (χ1n) is 9.21. The molecule has 0 bridgehead atoms. The van der Waals surface area contributed by atoms with Gasteiger partial charge in [-0.15, -0.1) is 0 Å². The van der Waals surface area contributed by atoms with E-state index >= 15 is 0 Å². The van der Waals surface area contributed by atoms with Crippen molar-refractivity contribution in [1.82, 2.24) is 4.90 Å². The smallest absolute Gasteiger partial charge is 0.412 e. The number of sulfone groups is 1. The van der Waals surface area contributed by atoms with Crippen LogP contribution >= 0.6 is 0 Å². The van der Waals surface area contributed by atoms with E-state index in [0.29, 0.717) is 6.61 Å². The molecule has 2 aromatic carbocycles. The molecule has 0 aliphatic carbocycles. The summed E-state index contributed by atoms with van der Waals surface area (Å²) in [5.74, 6) is 0.0455. The lowest BCUT2D eigenvalue weighted by molar-refractivity contribution is -0.0493. The van der Waals surface area contributed by atoms with E-state index in [4.69, 9.17) is 9.47 Å². The van der Waals surface area contributed by atoms with Crippen LogP contribution in [0.4, 0.5) is 4.79 Å². The van der Waals surface area contributed by atoms with Crippen LogP contribution in [0.1, 0.15) is 37.9 Å². The minimum Gasteiger partial charge on any atom is -0.444 e. The summed E-state index contributed by atoms with van der Waals surface area (Å²) in [5.41, 5.74) is 0.879. The molecule has 2 aromatic rings. The average molecular weight is 404 g/mol. The topological polar surface area (TPSA) is 72.9 Å². The first-order chi connectivity index (χ1) is 13.2. The van der Waals surface area contributed by atoms with Crippen molar-refractivity contribution in [2.45, 2.75) is 44.0 Å². The Morgan fingerprint density at radius 2 is 1.79 bits per heavy atom. The predicted octanol–water partition coefficient (Wildman–Crippen LogP) is 3.93. The van der Waals surface area contributed by atoms with Crippen LogP contribution in [-0.2, 0) is 25.9 Å². The van der Waals surface area contributed by atoms with Crippen LogP contribution < -0.4 is 0 Å². The summed E-state index contributed by atoms with van der Waals surface area (Å²) in [6.45, 7) is 5.72. The summed E-state index contributed by atoms with van der Waals surface area (Å²) in [5, 5.41) is 0. The van der Waals surface area contributed by atoms with Crippen LogP contribution in [0.25, 0.3) is 0 Å². The molecule has 0 saturated carbocycles. The van der Waals surface area contributed by atoms with Crippen LogP contribution in [0.5, 0.6) is 0 Å². The minimum atomic E-state index is -3.27. The molecule has 1 aliphatic rings. The van der Waals surface area contributed by atoms with Crippen molar-refractivity contribution in [3.63, 3.8) is 0 Å². The second-order valence-corrected chi connectivity index (χ2v) is 9.43. The molecule has 28 heavy (non-hydrogen) atoms. The summed E-state index contributed by atoms with van der Waals surface area (Å²) in [6.07, 6.45) is -0.471. The molecular weight excluding hydrogens is 378 g/mol. The Hall–Kier alpha value is -2.38. The van der Waals surface area contributed by atoms with Gasteiger partial charge in [-0.05, 0) is 37.1 Å². The molecule has 1 amide bonds. The lowest BCUT2D eigenvalue weighted by atomic mass is 10.1. The van der Waals surface area contributed by atoms with Gasteiger partial charge in [-0.2, -0.15) is 0 Å². The predicted molar refractivity (Wildman–Crippen MR) is 105 cm³/mol. The van der Waals surface area contributed by atoms with Crippen LogP contribution in [0.15, 0.2) is 59.5 Å². The van der Waals surface area contributed by atoms with E-state index in [-0.39, 0.29) is 23.3 Å². The van der Waals surface area contributed by atoms with E-state index < -0.39 is 21.7 Å². The van der Waals surface area contributed by atoms with Crippen molar-refractivity contribution in [1.29, 1.82) is 0 Å². The largest absolute Gasteiger partial charge is 0.444 e. The number of rotatable bonds is 5. The summed E-state index contributed by atoms with van der Waals surface area (Å²) < 4.78 is 35.4. The van der Waals surface area contributed by atoms with Crippen LogP contribution in [0, 0.1) is 0 Å². The van der Waals surface area contributed by atoms with E-state index in [1.165, 1.54) is 0 Å². The second-order valence-electron chi connectivity index (χ2n) is 7.16. The van der Waals surface area contributed by atoms with E-state index in [1.807, 2.05) is 44.2 Å². The molecule has 7 heteroatoms. The highest BCUT2D eigenvalue weighted by molar-refractivity contribution is 7.91. The Balaban J connectivity index is 1.79. The maximum atomic E-state index is 12.8. The monoisotopic (exact) mass is 403 g/mol. The molecule has 0 unspecified atom stereocenters. The molecule has 1 aliphatic heterocycles. The number of carbonyl (C=O) groups excluding carboxylic acids is 1. The van der Waals surface area contributed by atoms with Gasteiger partial charge in [0.25, 0.3) is 0 Å². The van der Waals surface area contributed by atoms with Crippen LogP contribution in [0.3, 0.4) is 0 Å². The fourth-order valence-electron chi connectivity index (χ4n) is 3.25. The molecule has 0 N–H and O–H groups in total. The van der Waals surface area contributed by atoms with Gasteiger partial charge in [-0.3, -0.25) is 4.90 Å². The van der Waals surface area contributed by atoms with Crippen molar-refractivity contribution in [3.05, 3.63) is 65.7 Å². The third-order valence-corrected chi connectivity index (χ3v) is 6.64. The molecule has 1 heterocycles. The van der Waals surface area contributed by atoms with Crippen molar-refractivity contribution in [3.8, 4) is 0 Å². The van der Waals surface area contributed by atoms with Gasteiger partial charge in [0.05, 0.1) is 23.3 Å². The lowest BCUT2D eigenvalue weighted by Gasteiger charge is -2.32. The van der Waals surface area contributed by atoms with Crippen molar-refractivity contribution < 1.29 is 22.7 Å². The number of hydrogen-bond donors (Lipinski definition) is 0. The fourth-order valence-corrected chi connectivity index (χ4v) is 4.13. The molecule has 1 fully saturated rings. The van der Waals surface area contributed by atoms with Gasteiger partial charge in [-0.1, -0.05) is 49.4 Å². The van der Waals surface area contributed by atoms with Gasteiger partial charge in [0.2, 0.25) is 0 Å². The SMILES string of the molecule is CCS(=O)(=O)c1ccc([C@@H]2COC(C)(C)N2C(=O)OCc2ccccc2)cc1. The molecule has 150 valence electrons. The quantitative estimate of drug-likeness (QED) is 0.756. The highest BCUT2D eigenvalue weighted by atomic mass is 32.2. The first-order valence-corrected chi connectivity index (χ1v) is 10.9. The number of carbonyl (C=O) groups is 1. The summed E-state index contributed by atoms with van der Waals surface area (Å²) in [4.78, 5) is 14.7. The van der Waals surface area contributed by atoms with Gasteiger partial charge in [0.1, 0.15) is 12.3 Å². The van der Waals surface area contributed by atoms with E-state index in [2.05, 4.69) is 0 Å². The molecule has 0 aromatic heterocycles. The maximum absolute atomic E-state index is 12.8. The van der Waals surface area contributed by atoms with E-state index in [0.717, 1.165) is 11.1 Å². The van der Waals surface area contributed by atoms with Crippen molar-refractivity contribution >= 4 is 15.9 Å². The second kappa shape index (κ2) is 7.93. The first kappa shape index (κ1) is 20.4. The van der Waals surface area contributed by atoms with Gasteiger partial charge < -0.3 is 9.47 Å². The van der Waals surface area contributed by atoms with Crippen LogP contribution in [0.2, 0.25) is 0 Å². The van der Waals surface area contributed by atoms with Crippen molar-refractivity contribution in [2.24, 2.45) is 0 Å². The highest BCUT2D eigenvalue weighted by Crippen LogP contribution is 2.37. The third-order valence-electron chi connectivity index (χ3n) is 4.89. The molecule has 0 spiro atoms. The Bertz CT molecular complexity index is 923. The lowest BCUT2D eigenvalue weighted by Crippen LogP contribution is -2.45. The number of amides is 1. The number of nitrogens with zero attached hydrogens (tertiary/aromatic N) is 1. The number of hydrogen-bond acceptors (Lipinski definition) is 5. The summed E-state index contributed by atoms with van der Waals surface area (Å²) in [6, 6.07) is 15.7. The van der Waals surface area contributed by atoms with Gasteiger partial charge in [0, 0.05) is 0 Å². The zero-order valence-electron chi connectivity index (χ0n) is 16.3. The maximum Gasteiger partial charge on any atom is 0.412 e. The molecule has 1 saturated heterocycles. The Kier molecular flexibility index (Phi) is 5.76. The fraction of sp³-hybridized carbons (Fsp3) is 0.381. The van der Waals surface area contributed by atoms with E-state index in [1.54, 1.807) is 36.1 Å². The average Bonchev–Trinajstić information content (AvgIpc) is 3.02. The number of benzene rings is 2. The van der Waals surface area contributed by atoms with E-state index in [9.17, 15) is 13.2 Å². The Morgan fingerprint density at radius 1 is 1.14 bits per heavy atom. The summed E-state index contributed by atoms with van der Waals surface area (Å²) in [7, 11) is -3.27. The zero-order valence-corrected chi connectivity index (χ0v) is 17.1. The molecule has 6 nitrogen and oxygen atoms in total. The molecule has 1 atom stereocenters. The highest BCUT2D eigenvalue weighted by Gasteiger charge is 2.45. The van der Waals surface area contributed by atoms with Gasteiger partial charge >= 0.3 is 6.09 Å². The number of ether oxygens (including phenoxy) is 2. The van der Waals surface area contributed by atoms with Gasteiger partial charge in [-0.25, -0.2) is 13.2 Å². The molecular formula is C21H25NO5S. The zero-order chi connectivity index (χ0) is 20.4.